The maximum absolute atomic E-state index is 13.6. The van der Waals surface area contributed by atoms with Crippen molar-refractivity contribution in [3.8, 4) is 11.8 Å². The molecule has 2 fully saturated rings. The van der Waals surface area contributed by atoms with Gasteiger partial charge in [-0.15, -0.1) is 0 Å². The van der Waals surface area contributed by atoms with Crippen LogP contribution >= 0.6 is 0 Å². The van der Waals surface area contributed by atoms with Crippen LogP contribution in [-0.2, 0) is 8.85 Å². The summed E-state index contributed by atoms with van der Waals surface area (Å²) in [6, 6.07) is 0. The van der Waals surface area contributed by atoms with Crippen LogP contribution in [-0.4, -0.2) is 51.4 Å². The zero-order valence-electron chi connectivity index (χ0n) is 34.1. The zero-order chi connectivity index (χ0) is 39.4. The van der Waals surface area contributed by atoms with Gasteiger partial charge < -0.3 is 14.0 Å². The van der Waals surface area contributed by atoms with E-state index in [1.165, 1.54) is 0 Å². The molecule has 0 bridgehead atoms. The molecule has 0 heterocycles. The Labute approximate surface area is 273 Å². The highest BCUT2D eigenvalue weighted by Gasteiger charge is 2.70. The Morgan fingerprint density at radius 2 is 1.48 bits per heavy atom. The Hall–Kier alpha value is -0.546. The number of fused-ring (bicyclic) bond motifs is 1. The molecule has 2 rings (SSSR count). The van der Waals surface area contributed by atoms with E-state index in [0.29, 0.717) is 12.8 Å². The van der Waals surface area contributed by atoms with E-state index in [1.807, 2.05) is 0 Å². The van der Waals surface area contributed by atoms with Crippen molar-refractivity contribution in [3.05, 3.63) is 0 Å². The Kier molecular flexibility index (Phi) is 8.96. The third-order valence-corrected chi connectivity index (χ3v) is 16.0. The van der Waals surface area contributed by atoms with E-state index >= 15 is 0 Å². The first kappa shape index (κ1) is 30.8. The largest absolute Gasteiger partial charge is 0.438 e. The molecule has 1 N–H and O–H groups in total. The Bertz CT molecular complexity index is 1220. The van der Waals surface area contributed by atoms with Gasteiger partial charge in [0.25, 0.3) is 0 Å². The lowest BCUT2D eigenvalue weighted by Gasteiger charge is -2.52. The van der Waals surface area contributed by atoms with Crippen molar-refractivity contribution >= 4 is 16.6 Å². The van der Waals surface area contributed by atoms with Crippen LogP contribution in [0.1, 0.15) is 114 Å². The monoisotopic (exact) mass is 678 g/mol. The van der Waals surface area contributed by atoms with Crippen molar-refractivity contribution in [2.24, 2.45) is 22.7 Å². The molecule has 0 aliphatic heterocycles. The minimum atomic E-state index is -6.11. The van der Waals surface area contributed by atoms with Crippen LogP contribution in [0.3, 0.4) is 0 Å². The molecule has 0 spiro atoms. The Morgan fingerprint density at radius 1 is 0.909 bits per heavy atom. The number of alkyl halides is 6. The number of rotatable bonds is 10. The van der Waals surface area contributed by atoms with Crippen LogP contribution in [0.2, 0.25) is 37.8 Å². The third-order valence-electron chi connectivity index (χ3n) is 10.5. The van der Waals surface area contributed by atoms with E-state index in [1.54, 1.807) is 26.6 Å². The molecular formula is C33H58F6O3Si2. The molecule has 2 aliphatic rings. The lowest BCUT2D eigenvalue weighted by Crippen LogP contribution is -2.55. The minimum Gasteiger partial charge on any atom is -0.414 e. The van der Waals surface area contributed by atoms with Crippen LogP contribution in [0.25, 0.3) is 0 Å². The van der Waals surface area contributed by atoms with Gasteiger partial charge in [0, 0.05) is 20.7 Å². The number of hydrogen-bond acceptors (Lipinski definition) is 3. The normalized spacial score (nSPS) is 30.0. The second-order valence-electron chi connectivity index (χ2n) is 16.3. The molecule has 2 saturated carbocycles. The standard InChI is InChI=1S/C33H58F6O3Si2/c1-27(2,3)44(11,12)41-25-16-13-22-30(7)24(25)17-18-26(30)29(6,20-14-19-28(4,5)42-43(8,9)10)21-15-23-31(40,32(34,35)36)33(37,38)39/h24-26,40H,13-14,16-22H2,1-12H3/t24-,25-,26+,29+,30-/m0/s1/i4D3,5D3. The number of aliphatic hydroxyl groups is 1. The molecule has 0 radical (unpaired) electrons. The lowest BCUT2D eigenvalue weighted by molar-refractivity contribution is -0.343. The van der Waals surface area contributed by atoms with Gasteiger partial charge in [0.05, 0.1) is 5.60 Å². The SMILES string of the molecule is [2H]C([2H])([2H])C(CCC[C@](C)(CC#CC(O)(C(F)(F)F)C(F)(F)F)[C@H]1CC[C@H]2[C@@H](O[Si](C)(C)C(C)(C)C)CCC[C@]12C)(O[Si](C)(C)C)C([2H])([2H])[2H]. The molecule has 0 amide bonds. The Morgan fingerprint density at radius 3 is 1.95 bits per heavy atom. The summed E-state index contributed by atoms with van der Waals surface area (Å²) in [6.45, 7) is 13.5. The highest BCUT2D eigenvalue weighted by atomic mass is 28.4. The van der Waals surface area contributed by atoms with Crippen LogP contribution in [0, 0.1) is 34.5 Å². The molecule has 0 aromatic heterocycles. The van der Waals surface area contributed by atoms with E-state index in [4.69, 9.17) is 17.1 Å². The van der Waals surface area contributed by atoms with Gasteiger partial charge in [0.15, 0.2) is 16.6 Å². The van der Waals surface area contributed by atoms with E-state index in [9.17, 15) is 31.4 Å². The zero-order valence-corrected chi connectivity index (χ0v) is 30.1. The van der Waals surface area contributed by atoms with Crippen molar-refractivity contribution in [1.82, 2.24) is 0 Å². The molecule has 2 aliphatic carbocycles. The van der Waals surface area contributed by atoms with Crippen LogP contribution < -0.4 is 0 Å². The lowest BCUT2D eigenvalue weighted by atomic mass is 9.56. The summed E-state index contributed by atoms with van der Waals surface area (Å²) in [7, 11) is -4.99. The summed E-state index contributed by atoms with van der Waals surface area (Å²) in [5.74, 6) is 2.97. The smallest absolute Gasteiger partial charge is 0.414 e. The number of hydrogen-bond donors (Lipinski definition) is 1. The summed E-state index contributed by atoms with van der Waals surface area (Å²) in [5, 5.41) is 9.73. The van der Waals surface area contributed by atoms with Gasteiger partial charge in [-0.3, -0.25) is 0 Å². The summed E-state index contributed by atoms with van der Waals surface area (Å²) in [6.07, 6.45) is -9.53. The molecule has 3 nitrogen and oxygen atoms in total. The molecule has 0 unspecified atom stereocenters. The predicted octanol–water partition coefficient (Wildman–Crippen LogP) is 10.6. The topological polar surface area (TPSA) is 38.7 Å². The highest BCUT2D eigenvalue weighted by Crippen LogP contribution is 2.63. The Balaban J connectivity index is 2.65. The van der Waals surface area contributed by atoms with Gasteiger partial charge in [0.1, 0.15) is 0 Å². The maximum Gasteiger partial charge on any atom is 0.438 e. The molecule has 44 heavy (non-hydrogen) atoms. The molecule has 0 aromatic rings. The van der Waals surface area contributed by atoms with Gasteiger partial charge in [-0.1, -0.05) is 53.4 Å². The van der Waals surface area contributed by atoms with Gasteiger partial charge in [0.2, 0.25) is 0 Å². The van der Waals surface area contributed by atoms with E-state index in [2.05, 4.69) is 46.7 Å². The molecule has 11 heteroatoms. The van der Waals surface area contributed by atoms with E-state index < -0.39 is 77.6 Å². The van der Waals surface area contributed by atoms with E-state index in [-0.39, 0.29) is 35.8 Å². The predicted molar refractivity (Wildman–Crippen MR) is 170 cm³/mol. The van der Waals surface area contributed by atoms with E-state index in [0.717, 1.165) is 25.2 Å². The summed E-state index contributed by atoms with van der Waals surface area (Å²) >= 11 is 0. The molecule has 5 atom stereocenters. The van der Waals surface area contributed by atoms with Crippen molar-refractivity contribution in [2.75, 3.05) is 0 Å². The fourth-order valence-electron chi connectivity index (χ4n) is 7.34. The van der Waals surface area contributed by atoms with Crippen LogP contribution in [0.15, 0.2) is 0 Å². The first-order valence-electron chi connectivity index (χ1n) is 18.6. The second-order valence-corrected chi connectivity index (χ2v) is 25.5. The molecule has 0 aromatic carbocycles. The van der Waals surface area contributed by atoms with Crippen LogP contribution in [0.4, 0.5) is 26.3 Å². The van der Waals surface area contributed by atoms with Crippen molar-refractivity contribution in [3.63, 3.8) is 0 Å². The summed E-state index contributed by atoms with van der Waals surface area (Å²) in [5.41, 5.74) is -9.29. The molecule has 258 valence electrons. The van der Waals surface area contributed by atoms with Crippen molar-refractivity contribution in [2.45, 2.75) is 174 Å². The van der Waals surface area contributed by atoms with Crippen molar-refractivity contribution < 1.29 is 48.5 Å². The van der Waals surface area contributed by atoms with Gasteiger partial charge >= 0.3 is 18.0 Å². The maximum atomic E-state index is 13.6. The first-order chi connectivity index (χ1) is 21.9. The average molecular weight is 679 g/mol. The van der Waals surface area contributed by atoms with Gasteiger partial charge in [-0.2, -0.15) is 26.3 Å². The van der Waals surface area contributed by atoms with Crippen LogP contribution in [0.5, 0.6) is 0 Å². The fraction of sp³-hybridized carbons (Fsp3) is 0.939. The van der Waals surface area contributed by atoms with Gasteiger partial charge in [-0.05, 0) is 119 Å². The third kappa shape index (κ3) is 8.87. The summed E-state index contributed by atoms with van der Waals surface area (Å²) in [4.78, 5) is 0. The molecule has 0 saturated heterocycles. The van der Waals surface area contributed by atoms with Gasteiger partial charge in [-0.25, -0.2) is 0 Å². The fourth-order valence-corrected chi connectivity index (χ4v) is 9.88. The first-order valence-corrected chi connectivity index (χ1v) is 22.0. The highest BCUT2D eigenvalue weighted by molar-refractivity contribution is 6.74. The minimum absolute atomic E-state index is 0.0522. The van der Waals surface area contributed by atoms with Crippen molar-refractivity contribution in [1.29, 1.82) is 0 Å². The quantitative estimate of drug-likeness (QED) is 0.142. The average Bonchev–Trinajstić information content (AvgIpc) is 3.22. The molecular weight excluding hydrogens is 615 g/mol. The number of halogens is 6. The second kappa shape index (κ2) is 12.8. The summed E-state index contributed by atoms with van der Waals surface area (Å²) < 4.78 is 144.